The van der Waals surface area contributed by atoms with Crippen molar-refractivity contribution < 1.29 is 13.2 Å². The fourth-order valence-corrected chi connectivity index (χ4v) is 3.31. The smallest absolute Gasteiger partial charge is 0.178 e. The van der Waals surface area contributed by atoms with Gasteiger partial charge in [0, 0.05) is 6.04 Å². The first-order chi connectivity index (χ1) is 8.99. The van der Waals surface area contributed by atoms with Crippen LogP contribution in [-0.2, 0) is 9.84 Å². The van der Waals surface area contributed by atoms with E-state index in [1.165, 1.54) is 7.11 Å². The minimum absolute atomic E-state index is 0.176. The van der Waals surface area contributed by atoms with Gasteiger partial charge in [0.25, 0.3) is 0 Å². The monoisotopic (exact) mass is 285 g/mol. The predicted molar refractivity (Wildman–Crippen MR) is 77.4 cm³/mol. The quantitative estimate of drug-likeness (QED) is 0.796. The van der Waals surface area contributed by atoms with E-state index in [-0.39, 0.29) is 5.75 Å². The second-order valence-corrected chi connectivity index (χ2v) is 6.71. The standard InChI is InChI=1S/C14H23NO3S/c1-4-15-12(2)7-6-10-19(16,17)14-9-5-8-13(11-14)18-3/h5,8-9,11-12,15H,4,6-7,10H2,1-3H3. The van der Waals surface area contributed by atoms with Crippen LogP contribution >= 0.6 is 0 Å². The summed E-state index contributed by atoms with van der Waals surface area (Å²) in [5, 5.41) is 3.27. The molecule has 0 amide bonds. The van der Waals surface area contributed by atoms with Gasteiger partial charge in [-0.2, -0.15) is 0 Å². The van der Waals surface area contributed by atoms with Crippen LogP contribution in [0.2, 0.25) is 0 Å². The summed E-state index contributed by atoms with van der Waals surface area (Å²) in [6.07, 6.45) is 1.52. The molecule has 0 saturated carbocycles. The van der Waals surface area contributed by atoms with Gasteiger partial charge in [0.15, 0.2) is 9.84 Å². The second-order valence-electron chi connectivity index (χ2n) is 4.60. The molecular weight excluding hydrogens is 262 g/mol. The molecule has 0 aliphatic carbocycles. The number of sulfone groups is 1. The lowest BCUT2D eigenvalue weighted by Gasteiger charge is -2.12. The molecule has 1 N–H and O–H groups in total. The Labute approximate surface area is 116 Å². The fourth-order valence-electron chi connectivity index (χ4n) is 1.94. The van der Waals surface area contributed by atoms with E-state index in [9.17, 15) is 8.42 Å². The Bertz CT molecular complexity index is 485. The van der Waals surface area contributed by atoms with Crippen LogP contribution in [0.4, 0.5) is 0 Å². The predicted octanol–water partition coefficient (Wildman–Crippen LogP) is 2.25. The van der Waals surface area contributed by atoms with Gasteiger partial charge in [-0.15, -0.1) is 0 Å². The molecule has 0 spiro atoms. The second kappa shape index (κ2) is 7.50. The van der Waals surface area contributed by atoms with Crippen LogP contribution in [0.15, 0.2) is 29.2 Å². The maximum atomic E-state index is 12.2. The number of ether oxygens (including phenoxy) is 1. The summed E-state index contributed by atoms with van der Waals surface area (Å²) in [6, 6.07) is 6.99. The molecule has 0 bridgehead atoms. The van der Waals surface area contributed by atoms with Crippen LogP contribution in [0.25, 0.3) is 0 Å². The van der Waals surface area contributed by atoms with Crippen molar-refractivity contribution in [2.24, 2.45) is 0 Å². The van der Waals surface area contributed by atoms with Gasteiger partial charge in [-0.25, -0.2) is 8.42 Å². The van der Waals surface area contributed by atoms with E-state index >= 15 is 0 Å². The first-order valence-electron chi connectivity index (χ1n) is 6.59. The molecule has 4 nitrogen and oxygen atoms in total. The van der Waals surface area contributed by atoms with Gasteiger partial charge in [-0.1, -0.05) is 13.0 Å². The Morgan fingerprint density at radius 1 is 1.37 bits per heavy atom. The van der Waals surface area contributed by atoms with Crippen molar-refractivity contribution >= 4 is 9.84 Å². The molecule has 0 radical (unpaired) electrons. The van der Waals surface area contributed by atoms with Crippen LogP contribution in [-0.4, -0.2) is 33.9 Å². The molecule has 0 fully saturated rings. The van der Waals surface area contributed by atoms with E-state index in [1.807, 2.05) is 6.92 Å². The average Bonchev–Trinajstić information content (AvgIpc) is 2.39. The van der Waals surface area contributed by atoms with Crippen molar-refractivity contribution in [2.45, 2.75) is 37.6 Å². The van der Waals surface area contributed by atoms with E-state index in [4.69, 9.17) is 4.74 Å². The normalized spacial score (nSPS) is 13.2. The zero-order valence-corrected chi connectivity index (χ0v) is 12.7. The summed E-state index contributed by atoms with van der Waals surface area (Å²) in [5.41, 5.74) is 0. The highest BCUT2D eigenvalue weighted by atomic mass is 32.2. The highest BCUT2D eigenvalue weighted by Gasteiger charge is 2.15. The molecule has 0 heterocycles. The van der Waals surface area contributed by atoms with Gasteiger partial charge in [0.2, 0.25) is 0 Å². The number of hydrogen-bond donors (Lipinski definition) is 1. The molecule has 0 aliphatic rings. The molecule has 5 heteroatoms. The van der Waals surface area contributed by atoms with Crippen molar-refractivity contribution in [1.29, 1.82) is 0 Å². The summed E-state index contributed by atoms with van der Waals surface area (Å²) in [5.74, 6) is 0.748. The van der Waals surface area contributed by atoms with Crippen LogP contribution in [0.1, 0.15) is 26.7 Å². The van der Waals surface area contributed by atoms with Crippen LogP contribution in [0.5, 0.6) is 5.75 Å². The zero-order valence-electron chi connectivity index (χ0n) is 11.8. The van der Waals surface area contributed by atoms with E-state index in [0.717, 1.165) is 13.0 Å². The van der Waals surface area contributed by atoms with Crippen molar-refractivity contribution in [2.75, 3.05) is 19.4 Å². The first kappa shape index (κ1) is 16.0. The van der Waals surface area contributed by atoms with Crippen LogP contribution < -0.4 is 10.1 Å². The summed E-state index contributed by atoms with van der Waals surface area (Å²) >= 11 is 0. The molecule has 1 aromatic rings. The number of benzene rings is 1. The van der Waals surface area contributed by atoms with Crippen molar-refractivity contribution in [3.8, 4) is 5.75 Å². The molecule has 19 heavy (non-hydrogen) atoms. The number of rotatable bonds is 8. The third kappa shape index (κ3) is 5.20. The highest BCUT2D eigenvalue weighted by molar-refractivity contribution is 7.91. The Morgan fingerprint density at radius 3 is 2.74 bits per heavy atom. The minimum atomic E-state index is -3.21. The summed E-state index contributed by atoms with van der Waals surface area (Å²) in [4.78, 5) is 0.336. The molecule has 1 unspecified atom stereocenters. The maximum Gasteiger partial charge on any atom is 0.178 e. The average molecular weight is 285 g/mol. The van der Waals surface area contributed by atoms with E-state index < -0.39 is 9.84 Å². The number of hydrogen-bond acceptors (Lipinski definition) is 4. The molecule has 0 aliphatic heterocycles. The van der Waals surface area contributed by atoms with E-state index in [2.05, 4.69) is 12.2 Å². The van der Waals surface area contributed by atoms with Gasteiger partial charge in [0.1, 0.15) is 5.75 Å². The number of nitrogens with one attached hydrogen (secondary N) is 1. The van der Waals surface area contributed by atoms with Gasteiger partial charge in [0.05, 0.1) is 17.8 Å². The molecule has 1 atom stereocenters. The SMILES string of the molecule is CCNC(C)CCCS(=O)(=O)c1cccc(OC)c1. The molecule has 1 aromatic carbocycles. The lowest BCUT2D eigenvalue weighted by atomic mass is 10.2. The highest BCUT2D eigenvalue weighted by Crippen LogP contribution is 2.19. The molecule has 0 saturated heterocycles. The zero-order chi connectivity index (χ0) is 14.3. The van der Waals surface area contributed by atoms with Gasteiger partial charge < -0.3 is 10.1 Å². The van der Waals surface area contributed by atoms with E-state index in [1.54, 1.807) is 24.3 Å². The molecule has 108 valence electrons. The lowest BCUT2D eigenvalue weighted by Crippen LogP contribution is -2.26. The van der Waals surface area contributed by atoms with Crippen LogP contribution in [0, 0.1) is 0 Å². The first-order valence-corrected chi connectivity index (χ1v) is 8.25. The van der Waals surface area contributed by atoms with Gasteiger partial charge in [-0.3, -0.25) is 0 Å². The summed E-state index contributed by atoms with van der Waals surface area (Å²) in [6.45, 7) is 5.02. The van der Waals surface area contributed by atoms with Crippen molar-refractivity contribution in [3.63, 3.8) is 0 Å². The number of methoxy groups -OCH3 is 1. The van der Waals surface area contributed by atoms with E-state index in [0.29, 0.717) is 23.1 Å². The Morgan fingerprint density at radius 2 is 2.11 bits per heavy atom. The topological polar surface area (TPSA) is 55.4 Å². The minimum Gasteiger partial charge on any atom is -0.497 e. The third-order valence-electron chi connectivity index (χ3n) is 3.00. The van der Waals surface area contributed by atoms with Crippen LogP contribution in [0.3, 0.4) is 0 Å². The van der Waals surface area contributed by atoms with Gasteiger partial charge in [-0.05, 0) is 44.5 Å². The van der Waals surface area contributed by atoms with Crippen molar-refractivity contribution in [1.82, 2.24) is 5.32 Å². The third-order valence-corrected chi connectivity index (χ3v) is 4.80. The Kier molecular flexibility index (Phi) is 6.31. The lowest BCUT2D eigenvalue weighted by molar-refractivity contribution is 0.413. The Hall–Kier alpha value is -1.07. The molecular formula is C14H23NO3S. The van der Waals surface area contributed by atoms with Gasteiger partial charge >= 0.3 is 0 Å². The summed E-state index contributed by atoms with van der Waals surface area (Å²) in [7, 11) is -1.68. The molecule has 0 aromatic heterocycles. The largest absolute Gasteiger partial charge is 0.497 e. The summed E-state index contributed by atoms with van der Waals surface area (Å²) < 4.78 is 29.4. The van der Waals surface area contributed by atoms with Crippen molar-refractivity contribution in [3.05, 3.63) is 24.3 Å². The maximum absolute atomic E-state index is 12.2. The fraction of sp³-hybridized carbons (Fsp3) is 0.571. The molecule has 1 rings (SSSR count). The Balaban J connectivity index is 2.60.